The van der Waals surface area contributed by atoms with Crippen molar-refractivity contribution in [2.75, 3.05) is 0 Å². The summed E-state index contributed by atoms with van der Waals surface area (Å²) in [6, 6.07) is 10.6. The van der Waals surface area contributed by atoms with Gasteiger partial charge in [0, 0.05) is 4.47 Å². The van der Waals surface area contributed by atoms with Crippen LogP contribution in [0.25, 0.3) is 0 Å². The van der Waals surface area contributed by atoms with Gasteiger partial charge < -0.3 is 10.4 Å². The van der Waals surface area contributed by atoms with Crippen LogP contribution in [0.1, 0.15) is 28.9 Å². The van der Waals surface area contributed by atoms with Crippen LogP contribution < -0.4 is 5.32 Å². The highest BCUT2D eigenvalue weighted by molar-refractivity contribution is 9.10. The SMILES string of the molecule is CC(NC(=O)c1c(F)cccc1Br)c1cccc(O)c1. The smallest absolute Gasteiger partial charge is 0.255 e. The number of hydrogen-bond donors (Lipinski definition) is 2. The first kappa shape index (κ1) is 14.5. The highest BCUT2D eigenvalue weighted by Crippen LogP contribution is 2.22. The third-order valence-corrected chi connectivity index (χ3v) is 3.57. The Morgan fingerprint density at radius 2 is 2.00 bits per heavy atom. The van der Waals surface area contributed by atoms with Crippen molar-refractivity contribution >= 4 is 21.8 Å². The van der Waals surface area contributed by atoms with Crippen molar-refractivity contribution in [3.8, 4) is 5.75 Å². The van der Waals surface area contributed by atoms with Crippen LogP contribution in [0.15, 0.2) is 46.9 Å². The van der Waals surface area contributed by atoms with Gasteiger partial charge in [-0.05, 0) is 52.7 Å². The van der Waals surface area contributed by atoms with Crippen LogP contribution in [-0.2, 0) is 0 Å². The van der Waals surface area contributed by atoms with E-state index < -0.39 is 11.7 Å². The summed E-state index contributed by atoms with van der Waals surface area (Å²) in [7, 11) is 0. The predicted molar refractivity (Wildman–Crippen MR) is 78.1 cm³/mol. The standard InChI is InChI=1S/C15H13BrFNO2/c1-9(10-4-2-5-11(19)8-10)18-15(20)14-12(16)6-3-7-13(14)17/h2-9,19H,1H3,(H,18,20). The third-order valence-electron chi connectivity index (χ3n) is 2.91. The van der Waals surface area contributed by atoms with E-state index in [1.165, 1.54) is 12.1 Å². The van der Waals surface area contributed by atoms with Gasteiger partial charge in [-0.25, -0.2) is 4.39 Å². The zero-order valence-corrected chi connectivity index (χ0v) is 12.3. The molecule has 1 unspecified atom stereocenters. The van der Waals surface area contributed by atoms with Gasteiger partial charge >= 0.3 is 0 Å². The summed E-state index contributed by atoms with van der Waals surface area (Å²) in [6.07, 6.45) is 0. The molecule has 1 atom stereocenters. The lowest BCUT2D eigenvalue weighted by molar-refractivity contribution is 0.0935. The summed E-state index contributed by atoms with van der Waals surface area (Å²) >= 11 is 3.16. The van der Waals surface area contributed by atoms with Crippen molar-refractivity contribution in [2.24, 2.45) is 0 Å². The number of phenolic OH excluding ortho intramolecular Hbond substituents is 1. The fourth-order valence-electron chi connectivity index (χ4n) is 1.86. The number of benzene rings is 2. The monoisotopic (exact) mass is 337 g/mol. The summed E-state index contributed by atoms with van der Waals surface area (Å²) in [4.78, 5) is 12.1. The zero-order chi connectivity index (χ0) is 14.7. The quantitative estimate of drug-likeness (QED) is 0.895. The maximum Gasteiger partial charge on any atom is 0.255 e. The van der Waals surface area contributed by atoms with Crippen LogP contribution in [0.2, 0.25) is 0 Å². The van der Waals surface area contributed by atoms with Crippen molar-refractivity contribution in [1.82, 2.24) is 5.32 Å². The number of carbonyl (C=O) groups is 1. The van der Waals surface area contributed by atoms with Crippen molar-refractivity contribution in [2.45, 2.75) is 13.0 Å². The Morgan fingerprint density at radius 3 is 2.65 bits per heavy atom. The molecule has 0 aliphatic carbocycles. The first-order chi connectivity index (χ1) is 9.49. The van der Waals surface area contributed by atoms with E-state index in [1.54, 1.807) is 37.3 Å². The summed E-state index contributed by atoms with van der Waals surface area (Å²) < 4.78 is 14.1. The Kier molecular flexibility index (Phi) is 4.39. The number of halogens is 2. The molecular weight excluding hydrogens is 325 g/mol. The van der Waals surface area contributed by atoms with Crippen molar-refractivity contribution in [3.63, 3.8) is 0 Å². The van der Waals surface area contributed by atoms with Gasteiger partial charge in [0.15, 0.2) is 0 Å². The summed E-state index contributed by atoms with van der Waals surface area (Å²) in [6.45, 7) is 1.77. The molecule has 0 aliphatic rings. The van der Waals surface area contributed by atoms with Gasteiger partial charge in [-0.15, -0.1) is 0 Å². The Hall–Kier alpha value is -1.88. The minimum atomic E-state index is -0.583. The minimum Gasteiger partial charge on any atom is -0.508 e. The molecule has 0 saturated heterocycles. The molecule has 1 amide bonds. The highest BCUT2D eigenvalue weighted by atomic mass is 79.9. The molecule has 0 saturated carbocycles. The molecule has 3 nitrogen and oxygen atoms in total. The molecule has 0 spiro atoms. The number of carbonyl (C=O) groups excluding carboxylic acids is 1. The van der Waals surface area contributed by atoms with Crippen LogP contribution in [0.5, 0.6) is 5.75 Å². The third kappa shape index (κ3) is 3.17. The van der Waals surface area contributed by atoms with Crippen LogP contribution in [0.3, 0.4) is 0 Å². The van der Waals surface area contributed by atoms with E-state index in [4.69, 9.17) is 0 Å². The molecule has 2 aromatic carbocycles. The molecule has 2 aromatic rings. The Morgan fingerprint density at radius 1 is 1.30 bits per heavy atom. The van der Waals surface area contributed by atoms with Gasteiger partial charge in [-0.2, -0.15) is 0 Å². The number of nitrogens with one attached hydrogen (secondary N) is 1. The zero-order valence-electron chi connectivity index (χ0n) is 10.7. The minimum absolute atomic E-state index is 0.0282. The fraction of sp³-hybridized carbons (Fsp3) is 0.133. The van der Waals surface area contributed by atoms with Crippen molar-refractivity contribution < 1.29 is 14.3 Å². The average Bonchev–Trinajstić information content (AvgIpc) is 2.38. The number of amides is 1. The maximum absolute atomic E-state index is 13.7. The molecule has 5 heteroatoms. The number of hydrogen-bond acceptors (Lipinski definition) is 2. The Balaban J connectivity index is 2.20. The molecule has 0 fully saturated rings. The van der Waals surface area contributed by atoms with Gasteiger partial charge in [-0.3, -0.25) is 4.79 Å². The van der Waals surface area contributed by atoms with E-state index in [0.29, 0.717) is 4.47 Å². The lowest BCUT2D eigenvalue weighted by atomic mass is 10.1. The van der Waals surface area contributed by atoms with Crippen molar-refractivity contribution in [1.29, 1.82) is 0 Å². The molecule has 0 radical (unpaired) electrons. The fourth-order valence-corrected chi connectivity index (χ4v) is 2.38. The van der Waals surface area contributed by atoms with Crippen LogP contribution in [0, 0.1) is 5.82 Å². The molecule has 20 heavy (non-hydrogen) atoms. The Labute approximate surface area is 124 Å². The molecule has 104 valence electrons. The van der Waals surface area contributed by atoms with E-state index in [0.717, 1.165) is 5.56 Å². The molecule has 2 rings (SSSR count). The summed E-state index contributed by atoms with van der Waals surface area (Å²) in [5.74, 6) is -0.971. The summed E-state index contributed by atoms with van der Waals surface area (Å²) in [5.41, 5.74) is 0.713. The molecule has 0 aliphatic heterocycles. The second-order valence-corrected chi connectivity index (χ2v) is 5.24. The van der Waals surface area contributed by atoms with E-state index in [2.05, 4.69) is 21.2 Å². The molecule has 0 bridgehead atoms. The number of phenols is 1. The van der Waals surface area contributed by atoms with E-state index >= 15 is 0 Å². The van der Waals surface area contributed by atoms with E-state index in [9.17, 15) is 14.3 Å². The van der Waals surface area contributed by atoms with Gasteiger partial charge in [0.05, 0.1) is 11.6 Å². The summed E-state index contributed by atoms with van der Waals surface area (Å²) in [5, 5.41) is 12.1. The number of rotatable bonds is 3. The largest absolute Gasteiger partial charge is 0.508 e. The van der Waals surface area contributed by atoms with Crippen molar-refractivity contribution in [3.05, 3.63) is 63.9 Å². The van der Waals surface area contributed by atoms with E-state index in [-0.39, 0.29) is 17.4 Å². The molecule has 2 N–H and O–H groups in total. The lowest BCUT2D eigenvalue weighted by Gasteiger charge is -2.15. The molecule has 0 heterocycles. The lowest BCUT2D eigenvalue weighted by Crippen LogP contribution is -2.27. The van der Waals surface area contributed by atoms with Gasteiger partial charge in [0.1, 0.15) is 11.6 Å². The first-order valence-electron chi connectivity index (χ1n) is 6.03. The highest BCUT2D eigenvalue weighted by Gasteiger charge is 2.18. The predicted octanol–water partition coefficient (Wildman–Crippen LogP) is 3.78. The normalized spacial score (nSPS) is 11.9. The van der Waals surface area contributed by atoms with Crippen LogP contribution in [-0.4, -0.2) is 11.0 Å². The van der Waals surface area contributed by atoms with E-state index in [1.807, 2.05) is 0 Å². The average molecular weight is 338 g/mol. The van der Waals surface area contributed by atoms with Gasteiger partial charge in [0.25, 0.3) is 5.91 Å². The first-order valence-corrected chi connectivity index (χ1v) is 6.82. The molecular formula is C15H13BrFNO2. The van der Waals surface area contributed by atoms with Gasteiger partial charge in [0.2, 0.25) is 0 Å². The second-order valence-electron chi connectivity index (χ2n) is 4.39. The Bertz CT molecular complexity index is 625. The molecule has 0 aromatic heterocycles. The van der Waals surface area contributed by atoms with Gasteiger partial charge in [-0.1, -0.05) is 18.2 Å². The second kappa shape index (κ2) is 6.05. The number of aromatic hydroxyl groups is 1. The topological polar surface area (TPSA) is 49.3 Å². The van der Waals surface area contributed by atoms with Crippen LogP contribution in [0.4, 0.5) is 4.39 Å². The maximum atomic E-state index is 13.7. The van der Waals surface area contributed by atoms with Crippen LogP contribution >= 0.6 is 15.9 Å².